The zero-order valence-electron chi connectivity index (χ0n) is 14.6. The highest BCUT2D eigenvalue weighted by Gasteiger charge is 2.17. The normalized spacial score (nSPS) is 17.0. The van der Waals surface area contributed by atoms with E-state index in [0.717, 1.165) is 32.0 Å². The molecule has 1 amide bonds. The topological polar surface area (TPSA) is 79.8 Å². The van der Waals surface area contributed by atoms with Crippen molar-refractivity contribution in [3.8, 4) is 11.5 Å². The highest BCUT2D eigenvalue weighted by atomic mass is 16.6. The van der Waals surface area contributed by atoms with Crippen molar-refractivity contribution in [2.24, 2.45) is 0 Å². The standard InChI is InChI=1S/C18H21N5O3/c1-22-6-8-23(9-7-22)17-5-3-14(20-21-17)18(24)19-13-2-4-15-16(12-13)26-11-10-25-15/h2-5,12H,6-11H2,1H3,(H,19,24). The third kappa shape index (κ3) is 3.55. The van der Waals surface area contributed by atoms with E-state index < -0.39 is 0 Å². The van der Waals surface area contributed by atoms with Gasteiger partial charge in [-0.15, -0.1) is 10.2 Å². The molecule has 0 radical (unpaired) electrons. The number of nitrogens with one attached hydrogen (secondary N) is 1. The second-order valence-corrected chi connectivity index (χ2v) is 6.38. The van der Waals surface area contributed by atoms with Crippen LogP contribution >= 0.6 is 0 Å². The molecule has 1 aromatic heterocycles. The van der Waals surface area contributed by atoms with Gasteiger partial charge in [0.25, 0.3) is 5.91 Å². The van der Waals surface area contributed by atoms with Crippen LogP contribution in [0.15, 0.2) is 30.3 Å². The zero-order valence-corrected chi connectivity index (χ0v) is 14.6. The molecule has 0 spiro atoms. The fourth-order valence-electron chi connectivity index (χ4n) is 2.97. The first-order chi connectivity index (χ1) is 12.7. The van der Waals surface area contributed by atoms with Gasteiger partial charge in [0.05, 0.1) is 0 Å². The summed E-state index contributed by atoms with van der Waals surface area (Å²) in [4.78, 5) is 16.9. The minimum absolute atomic E-state index is 0.276. The van der Waals surface area contributed by atoms with Gasteiger partial charge in [-0.2, -0.15) is 0 Å². The summed E-state index contributed by atoms with van der Waals surface area (Å²) < 4.78 is 11.0. The maximum atomic E-state index is 12.4. The summed E-state index contributed by atoms with van der Waals surface area (Å²) in [6.07, 6.45) is 0. The summed E-state index contributed by atoms with van der Waals surface area (Å²) in [5, 5.41) is 11.1. The lowest BCUT2D eigenvalue weighted by Gasteiger charge is -2.32. The summed E-state index contributed by atoms with van der Waals surface area (Å²) in [5.74, 6) is 1.81. The number of carbonyl (C=O) groups excluding carboxylic acids is 1. The van der Waals surface area contributed by atoms with E-state index in [1.54, 1.807) is 24.3 Å². The van der Waals surface area contributed by atoms with Gasteiger partial charge in [0.15, 0.2) is 23.0 Å². The molecule has 2 aliphatic rings. The number of nitrogens with zero attached hydrogens (tertiary/aromatic N) is 4. The Bertz CT molecular complexity index is 788. The molecule has 0 aliphatic carbocycles. The van der Waals surface area contributed by atoms with Gasteiger partial charge < -0.3 is 24.6 Å². The van der Waals surface area contributed by atoms with Crippen LogP contribution in [0, 0.1) is 0 Å². The second-order valence-electron chi connectivity index (χ2n) is 6.38. The third-order valence-corrected chi connectivity index (χ3v) is 4.51. The van der Waals surface area contributed by atoms with E-state index in [-0.39, 0.29) is 11.6 Å². The molecular formula is C18H21N5O3. The molecule has 1 aromatic carbocycles. The van der Waals surface area contributed by atoms with E-state index in [1.165, 1.54) is 0 Å². The van der Waals surface area contributed by atoms with Crippen molar-refractivity contribution in [3.05, 3.63) is 36.0 Å². The van der Waals surface area contributed by atoms with Gasteiger partial charge in [0.1, 0.15) is 13.2 Å². The number of piperazine rings is 1. The number of benzene rings is 1. The summed E-state index contributed by atoms with van der Waals surface area (Å²) in [7, 11) is 2.11. The van der Waals surface area contributed by atoms with Crippen LogP contribution in [-0.4, -0.2) is 67.4 Å². The van der Waals surface area contributed by atoms with Crippen LogP contribution in [0.4, 0.5) is 11.5 Å². The van der Waals surface area contributed by atoms with E-state index in [2.05, 4.69) is 32.4 Å². The van der Waals surface area contributed by atoms with E-state index >= 15 is 0 Å². The average Bonchev–Trinajstić information content (AvgIpc) is 2.68. The Labute approximate surface area is 151 Å². The highest BCUT2D eigenvalue weighted by Crippen LogP contribution is 2.32. The Morgan fingerprint density at radius 2 is 1.77 bits per heavy atom. The van der Waals surface area contributed by atoms with Crippen molar-refractivity contribution in [1.82, 2.24) is 15.1 Å². The zero-order chi connectivity index (χ0) is 17.9. The molecule has 2 aliphatic heterocycles. The van der Waals surface area contributed by atoms with E-state index in [9.17, 15) is 4.79 Å². The SMILES string of the molecule is CN1CCN(c2ccc(C(=O)Nc3ccc4c(c3)OCCO4)nn2)CC1. The van der Waals surface area contributed by atoms with E-state index in [4.69, 9.17) is 9.47 Å². The van der Waals surface area contributed by atoms with Crippen LogP contribution in [0.1, 0.15) is 10.5 Å². The van der Waals surface area contributed by atoms with Crippen LogP contribution < -0.4 is 19.7 Å². The first-order valence-corrected chi connectivity index (χ1v) is 8.67. The molecule has 2 aromatic rings. The van der Waals surface area contributed by atoms with E-state index in [1.807, 2.05) is 6.07 Å². The van der Waals surface area contributed by atoms with Crippen LogP contribution in [-0.2, 0) is 0 Å². The van der Waals surface area contributed by atoms with Gasteiger partial charge in [-0.1, -0.05) is 0 Å². The van der Waals surface area contributed by atoms with Crippen LogP contribution in [0.5, 0.6) is 11.5 Å². The molecule has 3 heterocycles. The van der Waals surface area contributed by atoms with Gasteiger partial charge in [-0.25, -0.2) is 0 Å². The molecule has 0 bridgehead atoms. The van der Waals surface area contributed by atoms with Gasteiger partial charge in [-0.05, 0) is 31.3 Å². The number of fused-ring (bicyclic) bond motifs is 1. The molecule has 0 saturated carbocycles. The van der Waals surface area contributed by atoms with Crippen molar-refractivity contribution in [2.45, 2.75) is 0 Å². The van der Waals surface area contributed by atoms with Gasteiger partial charge in [0, 0.05) is 37.9 Å². The molecular weight excluding hydrogens is 334 g/mol. The predicted molar refractivity (Wildman–Crippen MR) is 97.1 cm³/mol. The molecule has 136 valence electrons. The summed E-state index contributed by atoms with van der Waals surface area (Å²) in [5.41, 5.74) is 0.905. The van der Waals surface area contributed by atoms with Gasteiger partial charge >= 0.3 is 0 Å². The quantitative estimate of drug-likeness (QED) is 0.888. The van der Waals surface area contributed by atoms with Gasteiger partial charge in [0.2, 0.25) is 0 Å². The van der Waals surface area contributed by atoms with Gasteiger partial charge in [-0.3, -0.25) is 4.79 Å². The molecule has 8 nitrogen and oxygen atoms in total. The number of ether oxygens (including phenoxy) is 2. The number of aromatic nitrogens is 2. The molecule has 1 saturated heterocycles. The van der Waals surface area contributed by atoms with Crippen molar-refractivity contribution >= 4 is 17.4 Å². The lowest BCUT2D eigenvalue weighted by molar-refractivity contribution is 0.102. The number of carbonyl (C=O) groups is 1. The number of hydrogen-bond acceptors (Lipinski definition) is 7. The van der Waals surface area contributed by atoms with Crippen LogP contribution in [0.3, 0.4) is 0 Å². The largest absolute Gasteiger partial charge is 0.486 e. The molecule has 4 rings (SSSR count). The molecule has 0 atom stereocenters. The van der Waals surface area contributed by atoms with Crippen molar-refractivity contribution in [1.29, 1.82) is 0 Å². The lowest BCUT2D eigenvalue weighted by atomic mass is 10.2. The fourth-order valence-corrected chi connectivity index (χ4v) is 2.97. The smallest absolute Gasteiger partial charge is 0.276 e. The highest BCUT2D eigenvalue weighted by molar-refractivity contribution is 6.03. The predicted octanol–water partition coefficient (Wildman–Crippen LogP) is 1.25. The van der Waals surface area contributed by atoms with Crippen molar-refractivity contribution < 1.29 is 14.3 Å². The molecule has 1 fully saturated rings. The first-order valence-electron chi connectivity index (χ1n) is 8.67. The minimum Gasteiger partial charge on any atom is -0.486 e. The number of hydrogen-bond donors (Lipinski definition) is 1. The summed E-state index contributed by atoms with van der Waals surface area (Å²) in [6.45, 7) is 4.85. The monoisotopic (exact) mass is 355 g/mol. The Balaban J connectivity index is 1.42. The van der Waals surface area contributed by atoms with Crippen molar-refractivity contribution in [2.75, 3.05) is 56.7 Å². The lowest BCUT2D eigenvalue weighted by Crippen LogP contribution is -2.44. The summed E-state index contributed by atoms with van der Waals surface area (Å²) in [6, 6.07) is 8.85. The van der Waals surface area contributed by atoms with Crippen molar-refractivity contribution in [3.63, 3.8) is 0 Å². The number of rotatable bonds is 3. The van der Waals surface area contributed by atoms with E-state index in [0.29, 0.717) is 30.4 Å². The molecule has 8 heteroatoms. The average molecular weight is 355 g/mol. The Hall–Kier alpha value is -2.87. The van der Waals surface area contributed by atoms with Crippen LogP contribution in [0.2, 0.25) is 0 Å². The number of likely N-dealkylation sites (N-methyl/N-ethyl adjacent to an activating group) is 1. The second kappa shape index (κ2) is 7.17. The van der Waals surface area contributed by atoms with Crippen LogP contribution in [0.25, 0.3) is 0 Å². The maximum Gasteiger partial charge on any atom is 0.276 e. The number of amides is 1. The Morgan fingerprint density at radius 3 is 2.50 bits per heavy atom. The third-order valence-electron chi connectivity index (χ3n) is 4.51. The first kappa shape index (κ1) is 16.6. The maximum absolute atomic E-state index is 12.4. The molecule has 0 unspecified atom stereocenters. The Kier molecular flexibility index (Phi) is 4.57. The molecule has 26 heavy (non-hydrogen) atoms. The minimum atomic E-state index is -0.306. The number of anilines is 2. The molecule has 1 N–H and O–H groups in total. The summed E-state index contributed by atoms with van der Waals surface area (Å²) >= 11 is 0. The Morgan fingerprint density at radius 1 is 1.00 bits per heavy atom. The fraction of sp³-hybridized carbons (Fsp3) is 0.389.